The predicted molar refractivity (Wildman–Crippen MR) is 81.5 cm³/mol. The van der Waals surface area contributed by atoms with Crippen molar-refractivity contribution in [1.29, 1.82) is 0 Å². The van der Waals surface area contributed by atoms with Crippen LogP contribution in [-0.4, -0.2) is 12.4 Å². The van der Waals surface area contributed by atoms with E-state index in [9.17, 15) is 0 Å². The van der Waals surface area contributed by atoms with Crippen molar-refractivity contribution >= 4 is 40.2 Å². The van der Waals surface area contributed by atoms with E-state index in [1.54, 1.807) is 0 Å². The van der Waals surface area contributed by atoms with Crippen LogP contribution in [0.5, 0.6) is 5.75 Å². The lowest BCUT2D eigenvalue weighted by molar-refractivity contribution is 0.157. The molecule has 0 N–H and O–H groups in total. The SMILES string of the molecule is CCC(CC)(CS)COc1ccc(Br)cc1Cl. The molecule has 0 radical (unpaired) electrons. The van der Waals surface area contributed by atoms with Gasteiger partial charge in [0.2, 0.25) is 0 Å². The molecule has 96 valence electrons. The van der Waals surface area contributed by atoms with Gasteiger partial charge in [-0.05, 0) is 36.8 Å². The van der Waals surface area contributed by atoms with Crippen molar-refractivity contribution in [2.75, 3.05) is 12.4 Å². The summed E-state index contributed by atoms with van der Waals surface area (Å²) in [5.74, 6) is 1.57. The quantitative estimate of drug-likeness (QED) is 0.700. The Hall–Kier alpha value is 0.140. The minimum atomic E-state index is 0.138. The molecule has 0 fully saturated rings. The predicted octanol–water partition coefficient (Wildman–Crippen LogP) is 5.22. The first-order valence-corrected chi connectivity index (χ1v) is 7.56. The molecule has 4 heteroatoms. The van der Waals surface area contributed by atoms with E-state index in [0.29, 0.717) is 11.6 Å². The van der Waals surface area contributed by atoms with Crippen LogP contribution in [0.25, 0.3) is 0 Å². The van der Waals surface area contributed by atoms with Gasteiger partial charge in [0, 0.05) is 9.89 Å². The Morgan fingerprint density at radius 2 is 2.00 bits per heavy atom. The third kappa shape index (κ3) is 4.08. The number of hydrogen-bond acceptors (Lipinski definition) is 2. The second kappa shape index (κ2) is 6.91. The Morgan fingerprint density at radius 1 is 1.35 bits per heavy atom. The van der Waals surface area contributed by atoms with Crippen LogP contribution in [0.4, 0.5) is 0 Å². The molecular weight excluding hydrogens is 320 g/mol. The van der Waals surface area contributed by atoms with Gasteiger partial charge in [-0.25, -0.2) is 0 Å². The largest absolute Gasteiger partial charge is 0.491 e. The first kappa shape index (κ1) is 15.2. The molecule has 0 aliphatic carbocycles. The summed E-state index contributed by atoms with van der Waals surface area (Å²) in [5, 5.41) is 0.639. The molecule has 0 saturated heterocycles. The van der Waals surface area contributed by atoms with Gasteiger partial charge in [-0.1, -0.05) is 41.4 Å². The van der Waals surface area contributed by atoms with Crippen molar-refractivity contribution in [3.05, 3.63) is 27.7 Å². The highest BCUT2D eigenvalue weighted by Crippen LogP contribution is 2.32. The summed E-state index contributed by atoms with van der Waals surface area (Å²) < 4.78 is 6.79. The monoisotopic (exact) mass is 336 g/mol. The van der Waals surface area contributed by atoms with Crippen LogP contribution in [0.2, 0.25) is 5.02 Å². The molecule has 0 unspecified atom stereocenters. The van der Waals surface area contributed by atoms with Crippen LogP contribution < -0.4 is 4.74 Å². The van der Waals surface area contributed by atoms with E-state index < -0.39 is 0 Å². The van der Waals surface area contributed by atoms with Crippen LogP contribution in [0.1, 0.15) is 26.7 Å². The molecule has 0 amide bonds. The molecule has 1 aromatic carbocycles. The van der Waals surface area contributed by atoms with Crippen molar-refractivity contribution in [2.24, 2.45) is 5.41 Å². The fourth-order valence-electron chi connectivity index (χ4n) is 1.55. The van der Waals surface area contributed by atoms with E-state index in [1.165, 1.54) is 0 Å². The molecule has 0 spiro atoms. The zero-order valence-electron chi connectivity index (χ0n) is 10.2. The summed E-state index contributed by atoms with van der Waals surface area (Å²) in [5.41, 5.74) is 0.138. The van der Waals surface area contributed by atoms with Crippen molar-refractivity contribution in [1.82, 2.24) is 0 Å². The molecule has 0 atom stereocenters. The van der Waals surface area contributed by atoms with E-state index in [1.807, 2.05) is 18.2 Å². The molecule has 0 aliphatic heterocycles. The minimum Gasteiger partial charge on any atom is -0.491 e. The van der Waals surface area contributed by atoms with Crippen LogP contribution >= 0.6 is 40.2 Å². The summed E-state index contributed by atoms with van der Waals surface area (Å²) in [4.78, 5) is 0. The van der Waals surface area contributed by atoms with E-state index in [0.717, 1.165) is 28.8 Å². The lowest BCUT2D eigenvalue weighted by Gasteiger charge is -2.29. The van der Waals surface area contributed by atoms with Crippen LogP contribution in [0.3, 0.4) is 0 Å². The zero-order valence-corrected chi connectivity index (χ0v) is 13.4. The third-order valence-corrected chi connectivity index (χ3v) is 4.72. The van der Waals surface area contributed by atoms with Gasteiger partial charge in [-0.3, -0.25) is 0 Å². The van der Waals surface area contributed by atoms with E-state index in [2.05, 4.69) is 42.4 Å². The number of hydrogen-bond donors (Lipinski definition) is 1. The second-order valence-corrected chi connectivity index (χ2v) is 5.87. The number of rotatable bonds is 6. The molecule has 1 aromatic rings. The van der Waals surface area contributed by atoms with Crippen molar-refractivity contribution < 1.29 is 4.74 Å². The molecule has 1 rings (SSSR count). The zero-order chi connectivity index (χ0) is 12.9. The first-order valence-electron chi connectivity index (χ1n) is 5.75. The molecule has 17 heavy (non-hydrogen) atoms. The average Bonchev–Trinajstić information content (AvgIpc) is 2.33. The molecule has 0 bridgehead atoms. The van der Waals surface area contributed by atoms with Gasteiger partial charge in [0.1, 0.15) is 5.75 Å². The maximum Gasteiger partial charge on any atom is 0.137 e. The summed E-state index contributed by atoms with van der Waals surface area (Å²) in [6.07, 6.45) is 2.11. The van der Waals surface area contributed by atoms with Gasteiger partial charge in [0.05, 0.1) is 11.6 Å². The highest BCUT2D eigenvalue weighted by molar-refractivity contribution is 9.10. The lowest BCUT2D eigenvalue weighted by Crippen LogP contribution is -2.29. The first-order chi connectivity index (χ1) is 8.06. The Labute approximate surface area is 122 Å². The van der Waals surface area contributed by atoms with Gasteiger partial charge in [0.25, 0.3) is 0 Å². The Bertz CT molecular complexity index is 358. The minimum absolute atomic E-state index is 0.138. The number of benzene rings is 1. The van der Waals surface area contributed by atoms with Crippen molar-refractivity contribution in [3.63, 3.8) is 0 Å². The Morgan fingerprint density at radius 3 is 2.47 bits per heavy atom. The summed E-state index contributed by atoms with van der Waals surface area (Å²) >= 11 is 13.9. The van der Waals surface area contributed by atoms with Gasteiger partial charge >= 0.3 is 0 Å². The average molecular weight is 338 g/mol. The van der Waals surface area contributed by atoms with Gasteiger partial charge in [0.15, 0.2) is 0 Å². The molecule has 1 nitrogen and oxygen atoms in total. The number of halogens is 2. The molecule has 0 saturated carbocycles. The molecule has 0 heterocycles. The smallest absolute Gasteiger partial charge is 0.137 e. The fraction of sp³-hybridized carbons (Fsp3) is 0.538. The van der Waals surface area contributed by atoms with Gasteiger partial charge in [-0.2, -0.15) is 12.6 Å². The molecular formula is C13H18BrClOS. The van der Waals surface area contributed by atoms with Crippen molar-refractivity contribution in [3.8, 4) is 5.75 Å². The van der Waals surface area contributed by atoms with E-state index in [4.69, 9.17) is 16.3 Å². The number of thiol groups is 1. The topological polar surface area (TPSA) is 9.23 Å². The Balaban J connectivity index is 2.72. The van der Waals surface area contributed by atoms with Gasteiger partial charge in [-0.15, -0.1) is 0 Å². The fourth-order valence-corrected chi connectivity index (χ4v) is 2.81. The van der Waals surface area contributed by atoms with E-state index in [-0.39, 0.29) is 5.41 Å². The molecule has 0 aromatic heterocycles. The Kier molecular flexibility index (Phi) is 6.18. The molecule has 0 aliphatic rings. The normalized spacial score (nSPS) is 11.6. The second-order valence-electron chi connectivity index (χ2n) is 4.23. The number of ether oxygens (including phenoxy) is 1. The standard InChI is InChI=1S/C13H18BrClOS/c1-3-13(4-2,9-17)8-16-12-6-5-10(14)7-11(12)15/h5-7,17H,3-4,8-9H2,1-2H3. The maximum absolute atomic E-state index is 6.11. The maximum atomic E-state index is 6.11. The summed E-state index contributed by atoms with van der Waals surface area (Å²) in [7, 11) is 0. The van der Waals surface area contributed by atoms with Crippen LogP contribution in [0.15, 0.2) is 22.7 Å². The summed E-state index contributed by atoms with van der Waals surface area (Å²) in [6.45, 7) is 5.00. The summed E-state index contributed by atoms with van der Waals surface area (Å²) in [6, 6.07) is 5.67. The van der Waals surface area contributed by atoms with E-state index >= 15 is 0 Å². The van der Waals surface area contributed by atoms with Gasteiger partial charge < -0.3 is 4.74 Å². The third-order valence-electron chi connectivity index (χ3n) is 3.26. The van der Waals surface area contributed by atoms with Crippen LogP contribution in [0, 0.1) is 5.41 Å². The van der Waals surface area contributed by atoms with Crippen LogP contribution in [-0.2, 0) is 0 Å². The lowest BCUT2D eigenvalue weighted by atomic mass is 9.85. The highest BCUT2D eigenvalue weighted by atomic mass is 79.9. The van der Waals surface area contributed by atoms with Crippen molar-refractivity contribution in [2.45, 2.75) is 26.7 Å². The highest BCUT2D eigenvalue weighted by Gasteiger charge is 2.25.